The normalized spacial score (nSPS) is 11.1. The number of esters is 1. The number of carbonyl (C=O) groups is 2. The molecule has 0 aliphatic heterocycles. The Morgan fingerprint density at radius 1 is 1.15 bits per heavy atom. The Hall–Kier alpha value is -3.52. The number of aromatic nitrogens is 2. The summed E-state index contributed by atoms with van der Waals surface area (Å²) in [5.41, 5.74) is 4.62. The largest absolute Gasteiger partial charge is 0.462 e. The van der Waals surface area contributed by atoms with Crippen LogP contribution < -0.4 is 5.32 Å². The number of pyridine rings is 1. The van der Waals surface area contributed by atoms with E-state index in [-0.39, 0.29) is 24.8 Å². The number of fused-ring (bicyclic) bond motifs is 1. The van der Waals surface area contributed by atoms with E-state index in [0.717, 1.165) is 22.4 Å². The number of nitrogens with zero attached hydrogens (tertiary/aromatic N) is 2. The summed E-state index contributed by atoms with van der Waals surface area (Å²) < 4.78 is 20.9. The molecule has 0 atom stereocenters. The molecule has 4 rings (SSSR count). The van der Waals surface area contributed by atoms with Crippen molar-refractivity contribution in [3.63, 3.8) is 0 Å². The first kappa shape index (κ1) is 23.6. The number of hydrogen-bond donors (Lipinski definition) is 1. The van der Waals surface area contributed by atoms with Gasteiger partial charge < -0.3 is 14.5 Å². The van der Waals surface area contributed by atoms with E-state index < -0.39 is 5.97 Å². The van der Waals surface area contributed by atoms with Crippen molar-refractivity contribution < 1.29 is 18.7 Å². The summed E-state index contributed by atoms with van der Waals surface area (Å²) in [5.74, 6) is -1.03. The van der Waals surface area contributed by atoms with Gasteiger partial charge in [-0.2, -0.15) is 0 Å². The molecular weight excluding hydrogens is 453 g/mol. The number of imidazole rings is 1. The Kier molecular flexibility index (Phi) is 6.79. The van der Waals surface area contributed by atoms with Gasteiger partial charge >= 0.3 is 5.97 Å². The van der Waals surface area contributed by atoms with Gasteiger partial charge in [-0.05, 0) is 68.7 Å². The van der Waals surface area contributed by atoms with Crippen LogP contribution in [0.5, 0.6) is 0 Å². The van der Waals surface area contributed by atoms with Crippen LogP contribution in [0, 0.1) is 19.7 Å². The Balaban J connectivity index is 1.71. The molecule has 0 spiro atoms. The van der Waals surface area contributed by atoms with E-state index in [1.165, 1.54) is 17.4 Å². The number of carbonyl (C=O) groups excluding carboxylic acids is 2. The minimum Gasteiger partial charge on any atom is -0.462 e. The fourth-order valence-corrected chi connectivity index (χ4v) is 4.78. The van der Waals surface area contributed by atoms with Gasteiger partial charge in [-0.25, -0.2) is 14.2 Å². The van der Waals surface area contributed by atoms with E-state index in [2.05, 4.69) is 5.32 Å². The number of anilines is 1. The molecule has 4 aromatic rings. The minimum absolute atomic E-state index is 0.0258. The van der Waals surface area contributed by atoms with Gasteiger partial charge in [0, 0.05) is 16.6 Å². The highest BCUT2D eigenvalue weighted by atomic mass is 32.1. The average molecular weight is 480 g/mol. The predicted molar refractivity (Wildman–Crippen MR) is 132 cm³/mol. The SMILES string of the molecule is CCOC(=O)c1cc(CC)sc1NC(=O)Cc1c(-c2ccc(F)c(C)c2)nc2ccc(C)cn12. The highest BCUT2D eigenvalue weighted by molar-refractivity contribution is 7.16. The number of ether oxygens (including phenoxy) is 1. The molecular formula is C26H26FN3O3S. The number of nitrogens with one attached hydrogen (secondary N) is 1. The first-order chi connectivity index (χ1) is 16.3. The molecule has 0 radical (unpaired) electrons. The van der Waals surface area contributed by atoms with Gasteiger partial charge in [-0.1, -0.05) is 13.0 Å². The summed E-state index contributed by atoms with van der Waals surface area (Å²) in [7, 11) is 0. The van der Waals surface area contributed by atoms with Gasteiger partial charge in [0.1, 0.15) is 16.5 Å². The monoisotopic (exact) mass is 479 g/mol. The van der Waals surface area contributed by atoms with E-state index in [1.807, 2.05) is 36.6 Å². The van der Waals surface area contributed by atoms with Crippen molar-refractivity contribution in [3.8, 4) is 11.3 Å². The Morgan fingerprint density at radius 2 is 1.94 bits per heavy atom. The van der Waals surface area contributed by atoms with Gasteiger partial charge in [0.25, 0.3) is 0 Å². The number of amides is 1. The van der Waals surface area contributed by atoms with Crippen LogP contribution in [-0.4, -0.2) is 27.9 Å². The van der Waals surface area contributed by atoms with Gasteiger partial charge in [0.2, 0.25) is 5.91 Å². The molecule has 0 saturated carbocycles. The van der Waals surface area contributed by atoms with E-state index >= 15 is 0 Å². The smallest absolute Gasteiger partial charge is 0.341 e. The summed E-state index contributed by atoms with van der Waals surface area (Å²) in [5, 5.41) is 3.38. The van der Waals surface area contributed by atoms with Crippen molar-refractivity contribution in [1.29, 1.82) is 0 Å². The molecule has 3 heterocycles. The summed E-state index contributed by atoms with van der Waals surface area (Å²) in [6.45, 7) is 7.66. The Bertz CT molecular complexity index is 1390. The number of halogens is 1. The lowest BCUT2D eigenvalue weighted by Crippen LogP contribution is -2.17. The standard InChI is InChI=1S/C26H26FN3O3S/c1-5-18-12-19(26(32)33-6-2)25(34-18)29-23(31)13-21-24(17-8-9-20(27)16(4)11-17)28-22-10-7-15(3)14-30(21)22/h7-12,14H,5-6,13H2,1-4H3,(H,29,31). The maximum Gasteiger partial charge on any atom is 0.341 e. The van der Waals surface area contributed by atoms with Gasteiger partial charge in [-0.3, -0.25) is 4.79 Å². The zero-order chi connectivity index (χ0) is 24.4. The van der Waals surface area contributed by atoms with Crippen LogP contribution in [0.1, 0.15) is 45.9 Å². The lowest BCUT2D eigenvalue weighted by molar-refractivity contribution is -0.115. The first-order valence-electron chi connectivity index (χ1n) is 11.1. The second-order valence-electron chi connectivity index (χ2n) is 8.06. The van der Waals surface area contributed by atoms with Crippen LogP contribution in [0.15, 0.2) is 42.6 Å². The predicted octanol–water partition coefficient (Wildman–Crippen LogP) is 5.74. The summed E-state index contributed by atoms with van der Waals surface area (Å²) in [6.07, 6.45) is 2.70. The second-order valence-corrected chi connectivity index (χ2v) is 9.20. The molecule has 1 aromatic carbocycles. The highest BCUT2D eigenvalue weighted by Crippen LogP contribution is 2.31. The van der Waals surface area contributed by atoms with Crippen LogP contribution in [-0.2, 0) is 22.4 Å². The lowest BCUT2D eigenvalue weighted by atomic mass is 10.1. The molecule has 0 aliphatic rings. The van der Waals surface area contributed by atoms with Crippen molar-refractivity contribution in [2.45, 2.75) is 40.5 Å². The lowest BCUT2D eigenvalue weighted by Gasteiger charge is -2.09. The second kappa shape index (κ2) is 9.77. The maximum absolute atomic E-state index is 13.9. The van der Waals surface area contributed by atoms with Crippen LogP contribution >= 0.6 is 11.3 Å². The fourth-order valence-electron chi connectivity index (χ4n) is 3.78. The fraction of sp³-hybridized carbons (Fsp3) is 0.269. The average Bonchev–Trinajstić information content (AvgIpc) is 3.37. The number of thiophene rings is 1. The van der Waals surface area contributed by atoms with Gasteiger partial charge in [-0.15, -0.1) is 11.3 Å². The highest BCUT2D eigenvalue weighted by Gasteiger charge is 2.22. The van der Waals surface area contributed by atoms with Crippen LogP contribution in [0.4, 0.5) is 9.39 Å². The van der Waals surface area contributed by atoms with E-state index in [9.17, 15) is 14.0 Å². The molecule has 0 saturated heterocycles. The third kappa shape index (κ3) is 4.72. The van der Waals surface area contributed by atoms with Crippen LogP contribution in [0.2, 0.25) is 0 Å². The summed E-state index contributed by atoms with van der Waals surface area (Å²) >= 11 is 1.37. The minimum atomic E-state index is -0.457. The van der Waals surface area contributed by atoms with E-state index in [4.69, 9.17) is 9.72 Å². The summed E-state index contributed by atoms with van der Waals surface area (Å²) in [6, 6.07) is 10.4. The van der Waals surface area contributed by atoms with Crippen LogP contribution in [0.25, 0.3) is 16.9 Å². The molecule has 8 heteroatoms. The zero-order valence-electron chi connectivity index (χ0n) is 19.6. The number of benzene rings is 1. The molecule has 0 unspecified atom stereocenters. The molecule has 0 bridgehead atoms. The first-order valence-corrected chi connectivity index (χ1v) is 12.0. The van der Waals surface area contributed by atoms with Crippen LogP contribution in [0.3, 0.4) is 0 Å². The van der Waals surface area contributed by atoms with Gasteiger partial charge in [0.05, 0.1) is 30.0 Å². The quantitative estimate of drug-likeness (QED) is 0.343. The molecule has 3 aromatic heterocycles. The summed E-state index contributed by atoms with van der Waals surface area (Å²) in [4.78, 5) is 31.3. The van der Waals surface area contributed by atoms with E-state index in [0.29, 0.717) is 33.2 Å². The van der Waals surface area contributed by atoms with E-state index in [1.54, 1.807) is 32.0 Å². The third-order valence-corrected chi connectivity index (χ3v) is 6.70. The van der Waals surface area contributed by atoms with Crippen molar-refractivity contribution >= 4 is 33.9 Å². The number of rotatable bonds is 7. The number of hydrogen-bond acceptors (Lipinski definition) is 5. The Morgan fingerprint density at radius 3 is 2.65 bits per heavy atom. The van der Waals surface area contributed by atoms with Crippen molar-refractivity contribution in [3.05, 3.63) is 75.7 Å². The molecule has 0 fully saturated rings. The number of aryl methyl sites for hydroxylation is 3. The van der Waals surface area contributed by atoms with Gasteiger partial charge in [0.15, 0.2) is 0 Å². The molecule has 176 valence electrons. The van der Waals surface area contributed by atoms with Crippen molar-refractivity contribution in [2.24, 2.45) is 0 Å². The van der Waals surface area contributed by atoms with Crippen molar-refractivity contribution in [1.82, 2.24) is 9.38 Å². The molecule has 34 heavy (non-hydrogen) atoms. The zero-order valence-corrected chi connectivity index (χ0v) is 20.4. The molecule has 1 N–H and O–H groups in total. The van der Waals surface area contributed by atoms with Crippen molar-refractivity contribution in [2.75, 3.05) is 11.9 Å². The topological polar surface area (TPSA) is 72.7 Å². The molecule has 0 aliphatic carbocycles. The molecule has 6 nitrogen and oxygen atoms in total. The third-order valence-electron chi connectivity index (χ3n) is 5.50. The Labute approximate surface area is 201 Å². The molecule has 1 amide bonds. The maximum atomic E-state index is 13.9.